The summed E-state index contributed by atoms with van der Waals surface area (Å²) in [5, 5.41) is 29.0. The number of esters is 1. The van der Waals surface area contributed by atoms with E-state index in [1.165, 1.54) is 24.3 Å². The molecule has 0 bridgehead atoms. The van der Waals surface area contributed by atoms with Gasteiger partial charge in [0.15, 0.2) is 5.78 Å². The standard InChI is InChI=1S/C20H15ClN2O4S/c1-3-27-20(26)19-11(2)15(10-23)18(28-19)8-17(25)13(9-22)6-12-7-14(21)4-5-16(12)24/h4-7,24H,3,8H2,1-2H3/b13-6+. The lowest BCUT2D eigenvalue weighted by atomic mass is 10.0. The fourth-order valence-electron chi connectivity index (χ4n) is 2.45. The number of halogens is 1. The molecule has 0 amide bonds. The third kappa shape index (κ3) is 4.58. The molecule has 0 spiro atoms. The third-order valence-electron chi connectivity index (χ3n) is 3.82. The lowest BCUT2D eigenvalue weighted by Crippen LogP contribution is -2.05. The molecule has 6 nitrogen and oxygen atoms in total. The smallest absolute Gasteiger partial charge is 0.348 e. The Morgan fingerprint density at radius 2 is 2.07 bits per heavy atom. The molecule has 8 heteroatoms. The number of thiophene rings is 1. The van der Waals surface area contributed by atoms with E-state index in [1.54, 1.807) is 19.9 Å². The summed E-state index contributed by atoms with van der Waals surface area (Å²) in [5.41, 5.74) is 0.700. The molecule has 0 unspecified atom stereocenters. The van der Waals surface area contributed by atoms with Crippen molar-refractivity contribution in [2.24, 2.45) is 0 Å². The van der Waals surface area contributed by atoms with E-state index in [9.17, 15) is 25.2 Å². The average Bonchev–Trinajstić information content (AvgIpc) is 2.97. The van der Waals surface area contributed by atoms with Gasteiger partial charge in [-0.25, -0.2) is 4.79 Å². The van der Waals surface area contributed by atoms with Crippen LogP contribution in [0.3, 0.4) is 0 Å². The average molecular weight is 415 g/mol. The van der Waals surface area contributed by atoms with E-state index in [2.05, 4.69) is 0 Å². The number of phenols is 1. The zero-order valence-electron chi connectivity index (χ0n) is 15.1. The molecule has 0 aliphatic heterocycles. The molecule has 2 rings (SSSR count). The number of allylic oxidation sites excluding steroid dienone is 1. The lowest BCUT2D eigenvalue weighted by molar-refractivity contribution is -0.114. The van der Waals surface area contributed by atoms with Gasteiger partial charge in [0, 0.05) is 21.9 Å². The number of ketones is 1. The van der Waals surface area contributed by atoms with Crippen LogP contribution in [0.5, 0.6) is 5.75 Å². The maximum atomic E-state index is 12.6. The quantitative estimate of drug-likeness (QED) is 0.431. The Hall–Kier alpha value is -3.13. The Kier molecular flexibility index (Phi) is 6.94. The van der Waals surface area contributed by atoms with Crippen LogP contribution in [-0.4, -0.2) is 23.5 Å². The van der Waals surface area contributed by atoms with Crippen LogP contribution < -0.4 is 0 Å². The van der Waals surface area contributed by atoms with Crippen molar-refractivity contribution < 1.29 is 19.4 Å². The highest BCUT2D eigenvalue weighted by Gasteiger charge is 2.23. The van der Waals surface area contributed by atoms with Crippen molar-refractivity contribution >= 4 is 40.8 Å². The van der Waals surface area contributed by atoms with Crippen molar-refractivity contribution in [1.82, 2.24) is 0 Å². The first-order valence-electron chi connectivity index (χ1n) is 8.15. The number of nitrogens with zero attached hydrogens (tertiary/aromatic N) is 2. The molecule has 28 heavy (non-hydrogen) atoms. The monoisotopic (exact) mass is 414 g/mol. The zero-order valence-corrected chi connectivity index (χ0v) is 16.6. The minimum atomic E-state index is -0.555. The van der Waals surface area contributed by atoms with Crippen molar-refractivity contribution in [3.63, 3.8) is 0 Å². The van der Waals surface area contributed by atoms with Crippen LogP contribution in [0.15, 0.2) is 23.8 Å². The molecular weight excluding hydrogens is 400 g/mol. The first-order valence-corrected chi connectivity index (χ1v) is 9.34. The molecule has 1 aromatic heterocycles. The maximum absolute atomic E-state index is 12.6. The number of phenolic OH excluding ortho intramolecular Hbond substituents is 1. The molecule has 1 heterocycles. The predicted molar refractivity (Wildman–Crippen MR) is 105 cm³/mol. The molecule has 0 saturated heterocycles. The molecule has 1 aromatic carbocycles. The van der Waals surface area contributed by atoms with Crippen LogP contribution in [0.4, 0.5) is 0 Å². The molecular formula is C20H15ClN2O4S. The third-order valence-corrected chi connectivity index (χ3v) is 5.33. The Balaban J connectivity index is 2.38. The number of aromatic hydroxyl groups is 1. The van der Waals surface area contributed by atoms with Crippen molar-refractivity contribution in [2.75, 3.05) is 6.61 Å². The molecule has 0 atom stereocenters. The second kappa shape index (κ2) is 9.18. The van der Waals surface area contributed by atoms with Crippen LogP contribution in [-0.2, 0) is 16.0 Å². The molecule has 0 aliphatic carbocycles. The van der Waals surface area contributed by atoms with E-state index in [0.717, 1.165) is 11.3 Å². The largest absolute Gasteiger partial charge is 0.507 e. The maximum Gasteiger partial charge on any atom is 0.348 e. The topological polar surface area (TPSA) is 111 Å². The van der Waals surface area contributed by atoms with E-state index in [1.807, 2.05) is 6.07 Å². The summed E-state index contributed by atoms with van der Waals surface area (Å²) >= 11 is 6.88. The fourth-order valence-corrected chi connectivity index (χ4v) is 3.78. The van der Waals surface area contributed by atoms with Crippen LogP contribution in [0, 0.1) is 29.6 Å². The van der Waals surface area contributed by atoms with Crippen molar-refractivity contribution in [2.45, 2.75) is 20.3 Å². The van der Waals surface area contributed by atoms with Gasteiger partial charge in [0.2, 0.25) is 0 Å². The molecule has 0 radical (unpaired) electrons. The number of ether oxygens (including phenoxy) is 1. The summed E-state index contributed by atoms with van der Waals surface area (Å²) in [6.45, 7) is 3.48. The van der Waals surface area contributed by atoms with E-state index >= 15 is 0 Å². The molecule has 142 valence electrons. The number of nitriles is 2. The van der Waals surface area contributed by atoms with Crippen LogP contribution >= 0.6 is 22.9 Å². The number of hydrogen-bond donors (Lipinski definition) is 1. The van der Waals surface area contributed by atoms with Gasteiger partial charge in [-0.15, -0.1) is 11.3 Å². The summed E-state index contributed by atoms with van der Waals surface area (Å²) in [7, 11) is 0. The van der Waals surface area contributed by atoms with E-state index in [-0.39, 0.29) is 40.4 Å². The fraction of sp³-hybridized carbons (Fsp3) is 0.200. The second-order valence-corrected chi connectivity index (χ2v) is 7.20. The summed E-state index contributed by atoms with van der Waals surface area (Å²) in [4.78, 5) is 25.3. The van der Waals surface area contributed by atoms with Gasteiger partial charge in [-0.1, -0.05) is 11.6 Å². The highest BCUT2D eigenvalue weighted by Crippen LogP contribution is 2.30. The normalized spacial score (nSPS) is 10.8. The number of benzene rings is 1. The second-order valence-electron chi connectivity index (χ2n) is 5.66. The van der Waals surface area contributed by atoms with E-state index in [4.69, 9.17) is 16.3 Å². The lowest BCUT2D eigenvalue weighted by Gasteiger charge is -2.02. The summed E-state index contributed by atoms with van der Waals surface area (Å²) < 4.78 is 4.97. The highest BCUT2D eigenvalue weighted by atomic mass is 35.5. The summed E-state index contributed by atoms with van der Waals surface area (Å²) in [6.07, 6.45) is 1.01. The zero-order chi connectivity index (χ0) is 20.8. The molecule has 0 aliphatic rings. The Labute approximate surface area is 170 Å². The Bertz CT molecular complexity index is 1060. The molecule has 1 N–H and O–H groups in total. The number of hydrogen-bond acceptors (Lipinski definition) is 7. The van der Waals surface area contributed by atoms with Crippen molar-refractivity contribution in [1.29, 1.82) is 10.5 Å². The van der Waals surface area contributed by atoms with Crippen molar-refractivity contribution in [3.8, 4) is 17.9 Å². The SMILES string of the molecule is CCOC(=O)c1sc(CC(=O)/C(C#N)=C/c2cc(Cl)ccc2O)c(C#N)c1C. The van der Waals surface area contributed by atoms with Crippen LogP contribution in [0.25, 0.3) is 6.08 Å². The minimum absolute atomic E-state index is 0.126. The number of rotatable bonds is 6. The van der Waals surface area contributed by atoms with Gasteiger partial charge < -0.3 is 9.84 Å². The van der Waals surface area contributed by atoms with Gasteiger partial charge in [-0.05, 0) is 43.7 Å². The summed E-state index contributed by atoms with van der Waals surface area (Å²) in [6, 6.07) is 8.07. The molecule has 0 fully saturated rings. The minimum Gasteiger partial charge on any atom is -0.507 e. The van der Waals surface area contributed by atoms with Gasteiger partial charge in [0.05, 0.1) is 17.7 Å². The summed E-state index contributed by atoms with van der Waals surface area (Å²) in [5.74, 6) is -1.23. The first kappa shape index (κ1) is 21.2. The van der Waals surface area contributed by atoms with Gasteiger partial charge in [-0.2, -0.15) is 10.5 Å². The van der Waals surface area contributed by atoms with Crippen LogP contribution in [0.1, 0.15) is 38.2 Å². The number of Topliss-reactive ketones (excluding diaryl/α,β-unsaturated/α-hetero) is 1. The van der Waals surface area contributed by atoms with Gasteiger partial charge in [-0.3, -0.25) is 4.79 Å². The molecule has 2 aromatic rings. The van der Waals surface area contributed by atoms with Gasteiger partial charge >= 0.3 is 5.97 Å². The van der Waals surface area contributed by atoms with Crippen molar-refractivity contribution in [3.05, 3.63) is 55.2 Å². The van der Waals surface area contributed by atoms with Gasteiger partial charge in [0.1, 0.15) is 22.8 Å². The Morgan fingerprint density at radius 1 is 1.36 bits per heavy atom. The predicted octanol–water partition coefficient (Wildman–Crippen LogP) is 4.18. The van der Waals surface area contributed by atoms with Gasteiger partial charge in [0.25, 0.3) is 0 Å². The Morgan fingerprint density at radius 3 is 2.68 bits per heavy atom. The highest BCUT2D eigenvalue weighted by molar-refractivity contribution is 7.14. The first-order chi connectivity index (χ1) is 13.3. The molecule has 0 saturated carbocycles. The number of carbonyl (C=O) groups is 2. The number of carbonyl (C=O) groups excluding carboxylic acids is 2. The van der Waals surface area contributed by atoms with Crippen LogP contribution in [0.2, 0.25) is 5.02 Å². The van der Waals surface area contributed by atoms with E-state index in [0.29, 0.717) is 15.5 Å². The van der Waals surface area contributed by atoms with E-state index < -0.39 is 11.8 Å².